The van der Waals surface area contributed by atoms with Crippen LogP contribution in [0.25, 0.3) is 0 Å². The molecule has 0 radical (unpaired) electrons. The average Bonchev–Trinajstić information content (AvgIpc) is 3.20. The molecule has 0 bridgehead atoms. The van der Waals surface area contributed by atoms with Crippen LogP contribution in [0.1, 0.15) is 21.7 Å². The predicted molar refractivity (Wildman–Crippen MR) is 101 cm³/mol. The second-order valence-corrected chi connectivity index (χ2v) is 5.97. The number of anilines is 1. The number of benzene rings is 2. The first-order valence-corrected chi connectivity index (χ1v) is 8.40. The molecule has 2 aromatic carbocycles. The van der Waals surface area contributed by atoms with Gasteiger partial charge in [-0.2, -0.15) is 0 Å². The molecular weight excluding hydrogens is 346 g/mol. The third-order valence-corrected chi connectivity index (χ3v) is 4.14. The van der Waals surface area contributed by atoms with Crippen LogP contribution in [-0.2, 0) is 13.1 Å². The van der Waals surface area contributed by atoms with E-state index in [-0.39, 0.29) is 23.7 Å². The van der Waals surface area contributed by atoms with Crippen LogP contribution in [-0.4, -0.2) is 22.8 Å². The summed E-state index contributed by atoms with van der Waals surface area (Å²) in [4.78, 5) is 25.5. The molecule has 7 nitrogen and oxygen atoms in total. The number of furan rings is 1. The molecule has 0 aliphatic heterocycles. The van der Waals surface area contributed by atoms with Crippen LogP contribution < -0.4 is 5.32 Å². The van der Waals surface area contributed by atoms with Gasteiger partial charge in [-0.05, 0) is 29.8 Å². The lowest BCUT2D eigenvalue weighted by Crippen LogP contribution is -2.30. The summed E-state index contributed by atoms with van der Waals surface area (Å²) >= 11 is 0. The van der Waals surface area contributed by atoms with Crippen molar-refractivity contribution in [3.8, 4) is 0 Å². The average molecular weight is 365 g/mol. The molecule has 138 valence electrons. The van der Waals surface area contributed by atoms with Crippen LogP contribution in [0.4, 0.5) is 11.4 Å². The fraction of sp³-hybridized carbons (Fsp3) is 0.150. The summed E-state index contributed by atoms with van der Waals surface area (Å²) < 4.78 is 5.37. The molecular formula is C20H19N3O4. The van der Waals surface area contributed by atoms with Crippen molar-refractivity contribution < 1.29 is 14.1 Å². The predicted octanol–water partition coefficient (Wildman–Crippen LogP) is 4.07. The third-order valence-electron chi connectivity index (χ3n) is 4.14. The van der Waals surface area contributed by atoms with E-state index < -0.39 is 4.92 Å². The van der Waals surface area contributed by atoms with E-state index in [1.165, 1.54) is 6.07 Å². The molecule has 0 aliphatic rings. The van der Waals surface area contributed by atoms with Gasteiger partial charge in [0, 0.05) is 25.2 Å². The maximum Gasteiger partial charge on any atom is 0.293 e. The molecule has 0 fully saturated rings. The second kappa shape index (κ2) is 8.18. The Kier molecular flexibility index (Phi) is 5.51. The summed E-state index contributed by atoms with van der Waals surface area (Å²) in [5, 5.41) is 14.1. The van der Waals surface area contributed by atoms with E-state index in [1.54, 1.807) is 42.5 Å². The van der Waals surface area contributed by atoms with E-state index in [2.05, 4.69) is 5.32 Å². The molecule has 1 heterocycles. The number of hydrogen-bond donors (Lipinski definition) is 1. The van der Waals surface area contributed by atoms with Crippen molar-refractivity contribution >= 4 is 17.3 Å². The lowest BCUT2D eigenvalue weighted by molar-refractivity contribution is -0.384. The van der Waals surface area contributed by atoms with Crippen LogP contribution in [0, 0.1) is 10.1 Å². The number of carbonyl (C=O) groups is 1. The number of rotatable bonds is 7. The Balaban J connectivity index is 1.92. The Morgan fingerprint density at radius 3 is 2.52 bits per heavy atom. The highest BCUT2D eigenvalue weighted by Gasteiger charge is 2.22. The third kappa shape index (κ3) is 4.33. The first-order valence-electron chi connectivity index (χ1n) is 8.40. The van der Waals surface area contributed by atoms with Gasteiger partial charge in [-0.3, -0.25) is 14.9 Å². The van der Waals surface area contributed by atoms with Crippen molar-refractivity contribution in [2.75, 3.05) is 12.4 Å². The minimum absolute atomic E-state index is 0.138. The number of nitrogens with one attached hydrogen (secondary N) is 1. The fourth-order valence-corrected chi connectivity index (χ4v) is 2.80. The molecule has 27 heavy (non-hydrogen) atoms. The lowest BCUT2D eigenvalue weighted by Gasteiger charge is -2.22. The monoisotopic (exact) mass is 365 g/mol. The van der Waals surface area contributed by atoms with Crippen LogP contribution >= 0.6 is 0 Å². The molecule has 3 aromatic rings. The van der Waals surface area contributed by atoms with E-state index in [1.807, 2.05) is 30.3 Å². The lowest BCUT2D eigenvalue weighted by atomic mass is 10.1. The molecule has 0 atom stereocenters. The number of hydrogen-bond acceptors (Lipinski definition) is 5. The van der Waals surface area contributed by atoms with Gasteiger partial charge in [0.25, 0.3) is 11.6 Å². The highest BCUT2D eigenvalue weighted by Crippen LogP contribution is 2.26. The highest BCUT2D eigenvalue weighted by molar-refractivity contribution is 5.95. The molecule has 0 spiro atoms. The van der Waals surface area contributed by atoms with Crippen molar-refractivity contribution in [2.24, 2.45) is 0 Å². The van der Waals surface area contributed by atoms with Crippen LogP contribution in [0.5, 0.6) is 0 Å². The molecule has 0 aliphatic carbocycles. The maximum atomic E-state index is 13.1. The van der Waals surface area contributed by atoms with Gasteiger partial charge in [0.2, 0.25) is 0 Å². The summed E-state index contributed by atoms with van der Waals surface area (Å²) in [6, 6.07) is 17.5. The minimum atomic E-state index is -0.503. The summed E-state index contributed by atoms with van der Waals surface area (Å²) in [6.07, 6.45) is 1.55. The van der Waals surface area contributed by atoms with E-state index in [9.17, 15) is 14.9 Å². The number of nitro groups is 1. The van der Waals surface area contributed by atoms with Gasteiger partial charge in [0.15, 0.2) is 0 Å². The fourth-order valence-electron chi connectivity index (χ4n) is 2.80. The van der Waals surface area contributed by atoms with E-state index in [4.69, 9.17) is 4.42 Å². The summed E-state index contributed by atoms with van der Waals surface area (Å²) in [7, 11) is 1.60. The largest absolute Gasteiger partial charge is 0.467 e. The van der Waals surface area contributed by atoms with Gasteiger partial charge < -0.3 is 14.6 Å². The van der Waals surface area contributed by atoms with Crippen molar-refractivity contribution in [3.63, 3.8) is 0 Å². The molecule has 1 amide bonds. The smallest absolute Gasteiger partial charge is 0.293 e. The number of amides is 1. The van der Waals surface area contributed by atoms with Crippen LogP contribution in [0.3, 0.4) is 0 Å². The Bertz CT molecular complexity index is 924. The zero-order valence-electron chi connectivity index (χ0n) is 14.8. The quantitative estimate of drug-likeness (QED) is 0.503. The first-order chi connectivity index (χ1) is 13.1. The number of nitrogens with zero attached hydrogens (tertiary/aromatic N) is 2. The van der Waals surface area contributed by atoms with E-state index in [0.717, 1.165) is 5.56 Å². The molecule has 1 N–H and O–H groups in total. The van der Waals surface area contributed by atoms with Gasteiger partial charge in [0.05, 0.1) is 17.7 Å². The topological polar surface area (TPSA) is 88.6 Å². The number of nitro benzene ring substituents is 1. The van der Waals surface area contributed by atoms with Crippen molar-refractivity contribution in [1.29, 1.82) is 0 Å². The van der Waals surface area contributed by atoms with Gasteiger partial charge in [-0.25, -0.2) is 0 Å². The first kappa shape index (κ1) is 18.2. The Hall–Kier alpha value is -3.61. The molecule has 3 rings (SSSR count). The van der Waals surface area contributed by atoms with Crippen molar-refractivity contribution in [2.45, 2.75) is 13.1 Å². The van der Waals surface area contributed by atoms with E-state index >= 15 is 0 Å². The highest BCUT2D eigenvalue weighted by atomic mass is 16.6. The van der Waals surface area contributed by atoms with Gasteiger partial charge >= 0.3 is 0 Å². The summed E-state index contributed by atoms with van der Waals surface area (Å²) in [5.41, 5.74) is 1.43. The normalized spacial score (nSPS) is 10.4. The molecule has 1 aromatic heterocycles. The van der Waals surface area contributed by atoms with Crippen LogP contribution in [0.15, 0.2) is 71.3 Å². The van der Waals surface area contributed by atoms with Gasteiger partial charge in [-0.15, -0.1) is 0 Å². The van der Waals surface area contributed by atoms with Gasteiger partial charge in [-0.1, -0.05) is 30.3 Å². The Morgan fingerprint density at radius 1 is 1.11 bits per heavy atom. The summed E-state index contributed by atoms with van der Waals surface area (Å²) in [5.74, 6) is 0.335. The minimum Gasteiger partial charge on any atom is -0.467 e. The SMILES string of the molecule is CNc1ccc(C(=O)N(Cc2ccccc2)Cc2ccco2)cc1[N+](=O)[O-]. The second-order valence-electron chi connectivity index (χ2n) is 5.97. The standard InChI is InChI=1S/C20H19N3O4/c1-21-18-10-9-16(12-19(18)23(25)26)20(24)22(14-17-8-5-11-27-17)13-15-6-3-2-4-7-15/h2-12,21H,13-14H2,1H3. The zero-order valence-corrected chi connectivity index (χ0v) is 14.8. The molecule has 0 unspecified atom stereocenters. The van der Waals surface area contributed by atoms with Crippen molar-refractivity contribution in [3.05, 3.63) is 93.9 Å². The Labute approximate surface area is 156 Å². The summed E-state index contributed by atoms with van der Waals surface area (Å²) in [6.45, 7) is 0.629. The van der Waals surface area contributed by atoms with Gasteiger partial charge in [0.1, 0.15) is 11.4 Å². The maximum absolute atomic E-state index is 13.1. The molecule has 0 saturated carbocycles. The molecule has 7 heteroatoms. The van der Waals surface area contributed by atoms with Crippen molar-refractivity contribution in [1.82, 2.24) is 4.90 Å². The Morgan fingerprint density at radius 2 is 1.89 bits per heavy atom. The zero-order chi connectivity index (χ0) is 19.2. The number of carbonyl (C=O) groups excluding carboxylic acids is 1. The molecule has 0 saturated heterocycles. The van der Waals surface area contributed by atoms with Crippen LogP contribution in [0.2, 0.25) is 0 Å². The van der Waals surface area contributed by atoms with E-state index in [0.29, 0.717) is 18.0 Å².